The minimum Gasteiger partial charge on any atom is -0.258 e. The van der Waals surface area contributed by atoms with Gasteiger partial charge in [-0.1, -0.05) is 11.6 Å². The summed E-state index contributed by atoms with van der Waals surface area (Å²) in [6, 6.07) is 3.76. The van der Waals surface area contributed by atoms with Crippen molar-refractivity contribution in [2.24, 2.45) is 5.10 Å². The third kappa shape index (κ3) is 3.46. The van der Waals surface area contributed by atoms with Crippen LogP contribution in [0.2, 0.25) is 0 Å². The van der Waals surface area contributed by atoms with Gasteiger partial charge in [0.2, 0.25) is 0 Å². The van der Waals surface area contributed by atoms with Crippen molar-refractivity contribution in [3.05, 3.63) is 45.5 Å². The topological polar surface area (TPSA) is 102 Å². The summed E-state index contributed by atoms with van der Waals surface area (Å²) in [7, 11) is -3.91. The monoisotopic (exact) mass is 309 g/mol. The molecule has 7 nitrogen and oxygen atoms in total. The van der Waals surface area contributed by atoms with Gasteiger partial charge < -0.3 is 0 Å². The van der Waals surface area contributed by atoms with Crippen molar-refractivity contribution in [3.63, 3.8) is 0 Å². The minimum absolute atomic E-state index is 0.178. The number of allylic oxidation sites excluding steroid dienone is 2. The molecule has 0 atom stereocenters. The smallest absolute Gasteiger partial charge is 0.258 e. The molecule has 112 valence electrons. The Morgan fingerprint density at radius 2 is 2.00 bits per heavy atom. The van der Waals surface area contributed by atoms with Crippen LogP contribution in [0.3, 0.4) is 0 Å². The fourth-order valence-corrected chi connectivity index (χ4v) is 2.82. The van der Waals surface area contributed by atoms with Crippen LogP contribution in [0.15, 0.2) is 39.8 Å². The highest BCUT2D eigenvalue weighted by Gasteiger charge is 2.19. The first-order chi connectivity index (χ1) is 9.79. The molecule has 2 rings (SSSR count). The second-order valence-electron chi connectivity index (χ2n) is 4.89. The number of hydrazone groups is 1. The molecule has 0 bridgehead atoms. The Morgan fingerprint density at radius 1 is 1.29 bits per heavy atom. The molecule has 1 N–H and O–H groups in total. The maximum absolute atomic E-state index is 12.1. The Hall–Kier alpha value is -2.22. The number of rotatable bonds is 4. The number of nitrogens with zero attached hydrogens (tertiary/aromatic N) is 2. The van der Waals surface area contributed by atoms with Crippen LogP contribution in [0.25, 0.3) is 0 Å². The van der Waals surface area contributed by atoms with Gasteiger partial charge in [-0.2, -0.15) is 18.4 Å². The molecule has 0 saturated heterocycles. The zero-order valence-electron chi connectivity index (χ0n) is 11.7. The van der Waals surface area contributed by atoms with Crippen LogP contribution in [0.1, 0.15) is 25.3 Å². The average molecular weight is 309 g/mol. The van der Waals surface area contributed by atoms with Crippen LogP contribution in [-0.2, 0) is 10.0 Å². The number of benzene rings is 1. The van der Waals surface area contributed by atoms with Gasteiger partial charge in [0, 0.05) is 11.6 Å². The molecule has 0 radical (unpaired) electrons. The molecule has 0 unspecified atom stereocenters. The van der Waals surface area contributed by atoms with Crippen molar-refractivity contribution >= 4 is 21.4 Å². The molecule has 1 aromatic rings. The molecule has 0 saturated carbocycles. The summed E-state index contributed by atoms with van der Waals surface area (Å²) in [6.07, 6.45) is 3.36. The number of hydrogen-bond acceptors (Lipinski definition) is 5. The lowest BCUT2D eigenvalue weighted by molar-refractivity contribution is -0.385. The molecule has 0 spiro atoms. The zero-order valence-corrected chi connectivity index (χ0v) is 12.5. The van der Waals surface area contributed by atoms with E-state index < -0.39 is 14.9 Å². The predicted octanol–water partition coefficient (Wildman–Crippen LogP) is 2.28. The van der Waals surface area contributed by atoms with Crippen LogP contribution >= 0.6 is 0 Å². The first-order valence-electron chi connectivity index (χ1n) is 6.30. The first-order valence-corrected chi connectivity index (χ1v) is 7.78. The summed E-state index contributed by atoms with van der Waals surface area (Å²) in [4.78, 5) is 12.2. The van der Waals surface area contributed by atoms with E-state index in [2.05, 4.69) is 9.93 Å². The number of aryl methyl sites for hydroxylation is 1. The molecule has 0 fully saturated rings. The van der Waals surface area contributed by atoms with Gasteiger partial charge in [0.1, 0.15) is 0 Å². The highest BCUT2D eigenvalue weighted by atomic mass is 32.2. The molecule has 1 aromatic carbocycles. The van der Waals surface area contributed by atoms with Gasteiger partial charge in [-0.15, -0.1) is 0 Å². The van der Waals surface area contributed by atoms with Crippen molar-refractivity contribution in [2.75, 3.05) is 0 Å². The SMILES string of the molecule is CC1=C/C(=N/NS(=O)(=O)c2ccc(C)c([N+](=O)[O-])c2)CC1. The van der Waals surface area contributed by atoms with Gasteiger partial charge in [-0.25, -0.2) is 0 Å². The molecule has 21 heavy (non-hydrogen) atoms. The average Bonchev–Trinajstić information content (AvgIpc) is 2.82. The summed E-state index contributed by atoms with van der Waals surface area (Å²) in [6.45, 7) is 3.49. The highest BCUT2D eigenvalue weighted by Crippen LogP contribution is 2.22. The summed E-state index contributed by atoms with van der Waals surface area (Å²) >= 11 is 0. The first kappa shape index (κ1) is 15.2. The molecule has 0 amide bonds. The number of nitro benzene ring substituents is 1. The number of nitrogens with one attached hydrogen (secondary N) is 1. The summed E-state index contributed by atoms with van der Waals surface area (Å²) < 4.78 is 24.2. The van der Waals surface area contributed by atoms with Crippen LogP contribution < -0.4 is 4.83 Å². The normalized spacial score (nSPS) is 16.9. The van der Waals surface area contributed by atoms with E-state index in [1.807, 2.05) is 13.0 Å². The van der Waals surface area contributed by atoms with Crippen LogP contribution in [0.5, 0.6) is 0 Å². The fourth-order valence-electron chi connectivity index (χ4n) is 1.97. The van der Waals surface area contributed by atoms with E-state index in [1.165, 1.54) is 12.1 Å². The number of hydrogen-bond donors (Lipinski definition) is 1. The Bertz CT molecular complexity index is 751. The van der Waals surface area contributed by atoms with E-state index in [1.54, 1.807) is 6.92 Å². The van der Waals surface area contributed by atoms with Crippen molar-refractivity contribution in [2.45, 2.75) is 31.6 Å². The second kappa shape index (κ2) is 5.65. The van der Waals surface area contributed by atoms with E-state index in [-0.39, 0.29) is 10.6 Å². The molecular weight excluding hydrogens is 294 g/mol. The maximum atomic E-state index is 12.1. The molecule has 0 heterocycles. The van der Waals surface area contributed by atoms with Crippen LogP contribution in [0, 0.1) is 17.0 Å². The molecule has 0 aliphatic heterocycles. The Labute approximate surface area is 122 Å². The van der Waals surface area contributed by atoms with E-state index in [0.29, 0.717) is 17.7 Å². The third-order valence-corrected chi connectivity index (χ3v) is 4.39. The van der Waals surface area contributed by atoms with E-state index >= 15 is 0 Å². The number of nitro groups is 1. The molecule has 8 heteroatoms. The van der Waals surface area contributed by atoms with E-state index in [0.717, 1.165) is 18.1 Å². The van der Waals surface area contributed by atoms with Crippen molar-refractivity contribution in [3.8, 4) is 0 Å². The molecule has 1 aliphatic carbocycles. The van der Waals surface area contributed by atoms with Gasteiger partial charge in [-0.3, -0.25) is 10.1 Å². The Morgan fingerprint density at radius 3 is 2.57 bits per heavy atom. The van der Waals surface area contributed by atoms with Crippen molar-refractivity contribution < 1.29 is 13.3 Å². The van der Waals surface area contributed by atoms with Crippen molar-refractivity contribution in [1.29, 1.82) is 0 Å². The number of sulfonamides is 1. The quantitative estimate of drug-likeness (QED) is 0.680. The molecule has 0 aromatic heterocycles. The lowest BCUT2D eigenvalue weighted by atomic mass is 10.2. The second-order valence-corrected chi connectivity index (χ2v) is 6.55. The van der Waals surface area contributed by atoms with Gasteiger partial charge in [0.05, 0.1) is 15.5 Å². The largest absolute Gasteiger partial charge is 0.276 e. The fraction of sp³-hybridized carbons (Fsp3) is 0.308. The summed E-state index contributed by atoms with van der Waals surface area (Å²) in [5.41, 5.74) is 1.96. The lowest BCUT2D eigenvalue weighted by Crippen LogP contribution is -2.19. The van der Waals surface area contributed by atoms with E-state index in [4.69, 9.17) is 0 Å². The predicted molar refractivity (Wildman–Crippen MR) is 78.6 cm³/mol. The maximum Gasteiger partial charge on any atom is 0.276 e. The van der Waals surface area contributed by atoms with Crippen LogP contribution in [-0.4, -0.2) is 19.1 Å². The minimum atomic E-state index is -3.91. The van der Waals surface area contributed by atoms with Gasteiger partial charge in [-0.05, 0) is 38.8 Å². The zero-order chi connectivity index (χ0) is 15.6. The lowest BCUT2D eigenvalue weighted by Gasteiger charge is -2.05. The molecular formula is C13H15N3O4S. The Balaban J connectivity index is 2.28. The highest BCUT2D eigenvalue weighted by molar-refractivity contribution is 7.89. The van der Waals surface area contributed by atoms with Gasteiger partial charge >= 0.3 is 0 Å². The summed E-state index contributed by atoms with van der Waals surface area (Å²) in [5, 5.41) is 14.7. The van der Waals surface area contributed by atoms with Crippen molar-refractivity contribution in [1.82, 2.24) is 4.83 Å². The molecule has 1 aliphatic rings. The van der Waals surface area contributed by atoms with Gasteiger partial charge in [0.15, 0.2) is 0 Å². The Kier molecular flexibility index (Phi) is 4.08. The third-order valence-electron chi connectivity index (χ3n) is 3.19. The standard InChI is InChI=1S/C13H15N3O4S/c1-9-3-5-11(7-9)14-15-21(19,20)12-6-4-10(2)13(8-12)16(17)18/h4,6-8,15H,3,5H2,1-2H3/b14-11+. The van der Waals surface area contributed by atoms with Gasteiger partial charge in [0.25, 0.3) is 15.7 Å². The van der Waals surface area contributed by atoms with Crippen LogP contribution in [0.4, 0.5) is 5.69 Å². The summed E-state index contributed by atoms with van der Waals surface area (Å²) in [5.74, 6) is 0. The van der Waals surface area contributed by atoms with E-state index in [9.17, 15) is 18.5 Å².